The highest BCUT2D eigenvalue weighted by Gasteiger charge is 2.22. The summed E-state index contributed by atoms with van der Waals surface area (Å²) in [5.41, 5.74) is 0.271. The van der Waals surface area contributed by atoms with Gasteiger partial charge in [0.05, 0.1) is 0 Å². The van der Waals surface area contributed by atoms with Crippen molar-refractivity contribution in [2.75, 3.05) is 13.1 Å². The molecule has 1 unspecified atom stereocenters. The van der Waals surface area contributed by atoms with Gasteiger partial charge in [-0.3, -0.25) is 0 Å². The molecule has 0 rings (SSSR count). The third-order valence-electron chi connectivity index (χ3n) is 3.18. The van der Waals surface area contributed by atoms with E-state index in [0.717, 1.165) is 19.0 Å². The van der Waals surface area contributed by atoms with Crippen LogP contribution < -0.4 is 5.32 Å². The number of rotatable bonds is 8. The summed E-state index contributed by atoms with van der Waals surface area (Å²) in [6.07, 6.45) is 5.95. The van der Waals surface area contributed by atoms with E-state index < -0.39 is 0 Å². The number of nitrogens with one attached hydrogen (secondary N) is 1. The van der Waals surface area contributed by atoms with Crippen molar-refractivity contribution in [2.45, 2.75) is 47.0 Å². The Bertz CT molecular complexity index is 149. The molecule has 0 aliphatic rings. The van der Waals surface area contributed by atoms with Gasteiger partial charge in [-0.15, -0.1) is 6.58 Å². The molecule has 0 heterocycles. The molecule has 1 N–H and O–H groups in total. The van der Waals surface area contributed by atoms with Crippen molar-refractivity contribution in [3.8, 4) is 0 Å². The van der Waals surface area contributed by atoms with E-state index in [2.05, 4.69) is 45.7 Å². The largest absolute Gasteiger partial charge is 0.316 e. The van der Waals surface area contributed by atoms with Gasteiger partial charge in [0.1, 0.15) is 0 Å². The molecule has 0 aliphatic heterocycles. The molecule has 0 saturated carbocycles. The lowest BCUT2D eigenvalue weighted by molar-refractivity contribution is 0.283. The van der Waals surface area contributed by atoms with Crippen molar-refractivity contribution in [3.63, 3.8) is 0 Å². The van der Waals surface area contributed by atoms with Crippen LogP contribution in [0.4, 0.5) is 0 Å². The number of hydrogen-bond donors (Lipinski definition) is 1. The van der Waals surface area contributed by atoms with Crippen LogP contribution in [-0.4, -0.2) is 13.1 Å². The second-order valence-corrected chi connectivity index (χ2v) is 4.53. The fraction of sp³-hybridized carbons (Fsp3) is 0.846. The summed E-state index contributed by atoms with van der Waals surface area (Å²) >= 11 is 0. The van der Waals surface area contributed by atoms with Gasteiger partial charge in [-0.25, -0.2) is 0 Å². The van der Waals surface area contributed by atoms with E-state index in [1.807, 2.05) is 0 Å². The third-order valence-corrected chi connectivity index (χ3v) is 3.18. The maximum Gasteiger partial charge on any atom is 0.00397 e. The first kappa shape index (κ1) is 13.7. The molecule has 0 aromatic carbocycles. The molecule has 84 valence electrons. The summed E-state index contributed by atoms with van der Waals surface area (Å²) in [7, 11) is 0. The molecule has 14 heavy (non-hydrogen) atoms. The predicted molar refractivity (Wildman–Crippen MR) is 65.5 cm³/mol. The maximum absolute atomic E-state index is 3.97. The van der Waals surface area contributed by atoms with E-state index in [4.69, 9.17) is 0 Å². The minimum absolute atomic E-state index is 0.271. The van der Waals surface area contributed by atoms with Crippen LogP contribution in [0.3, 0.4) is 0 Å². The average Bonchev–Trinajstić information content (AvgIpc) is 2.23. The lowest BCUT2D eigenvalue weighted by Crippen LogP contribution is -2.31. The standard InChI is InChI=1S/C13H27N/c1-6-12(7-2)10-13(5,8-3)11-14-9-4/h8,12,14H,3,6-7,9-11H2,1-2,4-5H3. The van der Waals surface area contributed by atoms with Gasteiger partial charge in [0.25, 0.3) is 0 Å². The summed E-state index contributed by atoms with van der Waals surface area (Å²) in [6, 6.07) is 0. The van der Waals surface area contributed by atoms with Crippen LogP contribution in [0.15, 0.2) is 12.7 Å². The van der Waals surface area contributed by atoms with Gasteiger partial charge >= 0.3 is 0 Å². The third kappa shape index (κ3) is 4.80. The van der Waals surface area contributed by atoms with Crippen LogP contribution in [0, 0.1) is 11.3 Å². The molecular formula is C13H27N. The molecule has 1 nitrogen and oxygen atoms in total. The fourth-order valence-electron chi connectivity index (χ4n) is 1.88. The first-order valence-corrected chi connectivity index (χ1v) is 5.96. The Labute approximate surface area is 90.0 Å². The van der Waals surface area contributed by atoms with E-state index in [1.165, 1.54) is 19.3 Å². The lowest BCUT2D eigenvalue weighted by atomic mass is 9.79. The normalized spacial score (nSPS) is 15.5. The molecule has 0 saturated heterocycles. The second-order valence-electron chi connectivity index (χ2n) is 4.53. The average molecular weight is 197 g/mol. The van der Waals surface area contributed by atoms with Gasteiger partial charge in [0.15, 0.2) is 0 Å². The van der Waals surface area contributed by atoms with Crippen molar-refractivity contribution < 1.29 is 0 Å². The van der Waals surface area contributed by atoms with Crippen LogP contribution in [0.5, 0.6) is 0 Å². The maximum atomic E-state index is 3.97. The summed E-state index contributed by atoms with van der Waals surface area (Å²) in [4.78, 5) is 0. The van der Waals surface area contributed by atoms with Crippen molar-refractivity contribution in [1.82, 2.24) is 5.32 Å². The predicted octanol–water partition coefficient (Wildman–Crippen LogP) is 3.61. The molecule has 0 spiro atoms. The van der Waals surface area contributed by atoms with Crippen molar-refractivity contribution in [2.24, 2.45) is 11.3 Å². The van der Waals surface area contributed by atoms with E-state index >= 15 is 0 Å². The first-order chi connectivity index (χ1) is 6.61. The van der Waals surface area contributed by atoms with Crippen molar-refractivity contribution in [1.29, 1.82) is 0 Å². The Morgan fingerprint density at radius 1 is 1.29 bits per heavy atom. The Morgan fingerprint density at radius 2 is 1.86 bits per heavy atom. The molecule has 1 heteroatoms. The molecule has 0 bridgehead atoms. The zero-order chi connectivity index (χ0) is 11.0. The zero-order valence-electron chi connectivity index (χ0n) is 10.4. The molecule has 0 aliphatic carbocycles. The molecule has 0 aromatic rings. The van der Waals surface area contributed by atoms with Gasteiger partial charge in [-0.1, -0.05) is 46.6 Å². The molecule has 0 fully saturated rings. The minimum Gasteiger partial charge on any atom is -0.316 e. The van der Waals surface area contributed by atoms with E-state index in [-0.39, 0.29) is 5.41 Å². The van der Waals surface area contributed by atoms with Crippen LogP contribution in [0.2, 0.25) is 0 Å². The summed E-state index contributed by atoms with van der Waals surface area (Å²) < 4.78 is 0. The van der Waals surface area contributed by atoms with Gasteiger partial charge in [-0.05, 0) is 24.3 Å². The van der Waals surface area contributed by atoms with Crippen LogP contribution in [0.25, 0.3) is 0 Å². The van der Waals surface area contributed by atoms with Gasteiger partial charge < -0.3 is 5.32 Å². The number of hydrogen-bond acceptors (Lipinski definition) is 1. The fourth-order valence-corrected chi connectivity index (χ4v) is 1.88. The van der Waals surface area contributed by atoms with Crippen molar-refractivity contribution in [3.05, 3.63) is 12.7 Å². The minimum atomic E-state index is 0.271. The van der Waals surface area contributed by atoms with Crippen LogP contribution in [0.1, 0.15) is 47.0 Å². The Morgan fingerprint density at radius 3 is 2.21 bits per heavy atom. The molecular weight excluding hydrogens is 170 g/mol. The summed E-state index contributed by atoms with van der Waals surface area (Å²) in [5.74, 6) is 0.844. The van der Waals surface area contributed by atoms with E-state index in [9.17, 15) is 0 Å². The van der Waals surface area contributed by atoms with Gasteiger partial charge in [0.2, 0.25) is 0 Å². The summed E-state index contributed by atoms with van der Waals surface area (Å²) in [5, 5.41) is 3.42. The highest BCUT2D eigenvalue weighted by atomic mass is 14.9. The summed E-state index contributed by atoms with van der Waals surface area (Å²) in [6.45, 7) is 15.1. The highest BCUT2D eigenvalue weighted by molar-refractivity contribution is 4.94. The highest BCUT2D eigenvalue weighted by Crippen LogP contribution is 2.29. The van der Waals surface area contributed by atoms with Crippen LogP contribution >= 0.6 is 0 Å². The van der Waals surface area contributed by atoms with Crippen LogP contribution in [-0.2, 0) is 0 Å². The second kappa shape index (κ2) is 7.05. The first-order valence-electron chi connectivity index (χ1n) is 5.96. The smallest absolute Gasteiger partial charge is 0.00397 e. The quantitative estimate of drug-likeness (QED) is 0.586. The zero-order valence-corrected chi connectivity index (χ0v) is 10.4. The molecule has 1 atom stereocenters. The van der Waals surface area contributed by atoms with Gasteiger partial charge in [0, 0.05) is 6.54 Å². The molecule has 0 aromatic heterocycles. The Balaban J connectivity index is 4.14. The SMILES string of the molecule is C=CC(C)(CNCC)CC(CC)CC. The topological polar surface area (TPSA) is 12.0 Å². The monoisotopic (exact) mass is 197 g/mol. The lowest BCUT2D eigenvalue weighted by Gasteiger charge is -2.30. The van der Waals surface area contributed by atoms with E-state index in [0.29, 0.717) is 0 Å². The van der Waals surface area contributed by atoms with Gasteiger partial charge in [-0.2, -0.15) is 0 Å². The van der Waals surface area contributed by atoms with E-state index in [1.54, 1.807) is 0 Å². The molecule has 0 radical (unpaired) electrons. The Hall–Kier alpha value is -0.300. The molecule has 0 amide bonds. The van der Waals surface area contributed by atoms with Crippen molar-refractivity contribution >= 4 is 0 Å². The Kier molecular flexibility index (Phi) is 6.90.